The van der Waals surface area contributed by atoms with Crippen molar-refractivity contribution in [3.63, 3.8) is 0 Å². The van der Waals surface area contributed by atoms with Crippen molar-refractivity contribution in [3.8, 4) is 0 Å². The second-order valence-corrected chi connectivity index (χ2v) is 5.09. The molecule has 1 heterocycles. The van der Waals surface area contributed by atoms with E-state index >= 15 is 0 Å². The summed E-state index contributed by atoms with van der Waals surface area (Å²) in [6.07, 6.45) is 0. The van der Waals surface area contributed by atoms with Gasteiger partial charge in [-0.25, -0.2) is 13.6 Å². The van der Waals surface area contributed by atoms with Gasteiger partial charge in [-0.3, -0.25) is 0 Å². The van der Waals surface area contributed by atoms with Gasteiger partial charge >= 0.3 is 0 Å². The minimum Gasteiger partial charge on any atom is -0.375 e. The Kier molecular flexibility index (Phi) is 2.51. The summed E-state index contributed by atoms with van der Waals surface area (Å²) in [5.41, 5.74) is 7.52. The number of hydrogen-bond donors (Lipinski definition) is 2. The lowest BCUT2D eigenvalue weighted by Crippen LogP contribution is -2.24. The second kappa shape index (κ2) is 3.57. The first-order valence-electron chi connectivity index (χ1n) is 4.47. The molecule has 0 saturated heterocycles. The number of sulfonamides is 1. The molecule has 0 fully saturated rings. The van der Waals surface area contributed by atoms with Gasteiger partial charge in [-0.15, -0.1) is 0 Å². The van der Waals surface area contributed by atoms with Crippen molar-refractivity contribution in [2.75, 3.05) is 6.61 Å². The topological polar surface area (TPSA) is 95.4 Å². The standard InChI is InChI=1S/C9H12N2O3S/c10-9-5-14-4-6-3-7(15(11,12)13)1-2-8(6)9/h1-3,9H,4-5,10H2,(H2,11,12,13)/t9-/m1/s1. The summed E-state index contributed by atoms with van der Waals surface area (Å²) < 4.78 is 27.4. The molecule has 0 saturated carbocycles. The van der Waals surface area contributed by atoms with Gasteiger partial charge in [0.15, 0.2) is 0 Å². The van der Waals surface area contributed by atoms with Crippen molar-refractivity contribution in [1.82, 2.24) is 0 Å². The van der Waals surface area contributed by atoms with Gasteiger partial charge in [0.2, 0.25) is 10.0 Å². The van der Waals surface area contributed by atoms with Crippen LogP contribution in [0.4, 0.5) is 0 Å². The monoisotopic (exact) mass is 228 g/mol. The van der Waals surface area contributed by atoms with Crippen molar-refractivity contribution in [1.29, 1.82) is 0 Å². The summed E-state index contributed by atoms with van der Waals surface area (Å²) in [6.45, 7) is 0.841. The van der Waals surface area contributed by atoms with Gasteiger partial charge in [-0.2, -0.15) is 0 Å². The Morgan fingerprint density at radius 3 is 2.80 bits per heavy atom. The maximum atomic E-state index is 11.1. The molecule has 6 heteroatoms. The zero-order valence-electron chi connectivity index (χ0n) is 8.01. The molecule has 1 aromatic carbocycles. The third-order valence-electron chi connectivity index (χ3n) is 2.40. The molecule has 1 aromatic rings. The van der Waals surface area contributed by atoms with E-state index in [1.54, 1.807) is 6.07 Å². The Balaban J connectivity index is 2.51. The van der Waals surface area contributed by atoms with Gasteiger partial charge in [0.05, 0.1) is 24.2 Å². The van der Waals surface area contributed by atoms with Crippen LogP contribution in [0.5, 0.6) is 0 Å². The van der Waals surface area contributed by atoms with E-state index in [0.717, 1.165) is 11.1 Å². The normalized spacial score (nSPS) is 21.1. The number of benzene rings is 1. The van der Waals surface area contributed by atoms with E-state index in [2.05, 4.69) is 0 Å². The van der Waals surface area contributed by atoms with Crippen LogP contribution in [0.1, 0.15) is 17.2 Å². The quantitative estimate of drug-likeness (QED) is 0.699. The Hall–Kier alpha value is -0.950. The van der Waals surface area contributed by atoms with Crippen LogP contribution in [0.25, 0.3) is 0 Å². The number of nitrogens with two attached hydrogens (primary N) is 2. The fraction of sp³-hybridized carbons (Fsp3) is 0.333. The zero-order chi connectivity index (χ0) is 11.1. The van der Waals surface area contributed by atoms with E-state index in [0.29, 0.717) is 13.2 Å². The van der Waals surface area contributed by atoms with E-state index in [1.165, 1.54) is 12.1 Å². The number of hydrogen-bond acceptors (Lipinski definition) is 4. The summed E-state index contributed by atoms with van der Waals surface area (Å²) in [6, 6.07) is 4.49. The summed E-state index contributed by atoms with van der Waals surface area (Å²) in [5, 5.41) is 5.02. The molecule has 2 rings (SSSR count). The van der Waals surface area contributed by atoms with Crippen LogP contribution in [0.2, 0.25) is 0 Å². The number of rotatable bonds is 1. The van der Waals surface area contributed by atoms with Gasteiger partial charge in [0.25, 0.3) is 0 Å². The third-order valence-corrected chi connectivity index (χ3v) is 3.31. The molecular formula is C9H12N2O3S. The van der Waals surface area contributed by atoms with Crippen LogP contribution >= 0.6 is 0 Å². The molecule has 0 amide bonds. The van der Waals surface area contributed by atoms with Gasteiger partial charge < -0.3 is 10.5 Å². The molecule has 1 aliphatic heterocycles. The lowest BCUT2D eigenvalue weighted by atomic mass is 10.00. The minimum absolute atomic E-state index is 0.0963. The number of ether oxygens (including phenoxy) is 1. The third kappa shape index (κ3) is 2.03. The first-order valence-corrected chi connectivity index (χ1v) is 6.02. The molecule has 0 spiro atoms. The van der Waals surface area contributed by atoms with Crippen LogP contribution in [0.3, 0.4) is 0 Å². The maximum absolute atomic E-state index is 11.1. The lowest BCUT2D eigenvalue weighted by Gasteiger charge is -2.22. The summed E-state index contributed by atoms with van der Waals surface area (Å²) in [4.78, 5) is 0.0963. The molecule has 4 N–H and O–H groups in total. The van der Waals surface area contributed by atoms with Crippen molar-refractivity contribution in [2.45, 2.75) is 17.5 Å². The van der Waals surface area contributed by atoms with Crippen LogP contribution in [-0.2, 0) is 21.4 Å². The maximum Gasteiger partial charge on any atom is 0.238 e. The van der Waals surface area contributed by atoms with Crippen molar-refractivity contribution in [2.24, 2.45) is 10.9 Å². The summed E-state index contributed by atoms with van der Waals surface area (Å²) in [7, 11) is -3.65. The molecule has 0 aliphatic carbocycles. The van der Waals surface area contributed by atoms with E-state index in [4.69, 9.17) is 15.6 Å². The van der Waals surface area contributed by atoms with E-state index in [-0.39, 0.29) is 10.9 Å². The second-order valence-electron chi connectivity index (χ2n) is 3.53. The lowest BCUT2D eigenvalue weighted by molar-refractivity contribution is 0.0922. The average molecular weight is 228 g/mol. The molecule has 0 bridgehead atoms. The summed E-state index contributed by atoms with van der Waals surface area (Å²) >= 11 is 0. The van der Waals surface area contributed by atoms with E-state index in [1.807, 2.05) is 0 Å². The molecule has 0 radical (unpaired) electrons. The number of fused-ring (bicyclic) bond motifs is 1. The SMILES string of the molecule is N[C@@H]1COCc2cc(S(N)(=O)=O)ccc21. The fourth-order valence-corrected chi connectivity index (χ4v) is 2.20. The molecular weight excluding hydrogens is 216 g/mol. The van der Waals surface area contributed by atoms with Crippen LogP contribution in [0.15, 0.2) is 23.1 Å². The minimum atomic E-state index is -3.65. The molecule has 1 aliphatic rings. The highest BCUT2D eigenvalue weighted by Gasteiger charge is 2.19. The first-order chi connectivity index (χ1) is 6.98. The Labute approximate surface area is 88.1 Å². The average Bonchev–Trinajstić information content (AvgIpc) is 2.16. The molecule has 5 nitrogen and oxygen atoms in total. The van der Waals surface area contributed by atoms with E-state index in [9.17, 15) is 8.42 Å². The zero-order valence-corrected chi connectivity index (χ0v) is 8.83. The van der Waals surface area contributed by atoms with Crippen molar-refractivity contribution >= 4 is 10.0 Å². The molecule has 0 unspecified atom stereocenters. The first kappa shape index (κ1) is 10.6. The fourth-order valence-electron chi connectivity index (χ4n) is 1.63. The Morgan fingerprint density at radius 1 is 1.40 bits per heavy atom. The highest BCUT2D eigenvalue weighted by Crippen LogP contribution is 2.25. The van der Waals surface area contributed by atoms with Crippen molar-refractivity contribution < 1.29 is 13.2 Å². The van der Waals surface area contributed by atoms with Gasteiger partial charge in [-0.1, -0.05) is 6.07 Å². The smallest absolute Gasteiger partial charge is 0.238 e. The molecule has 0 aromatic heterocycles. The predicted octanol–water partition coefficient (Wildman–Crippen LogP) is -0.136. The largest absolute Gasteiger partial charge is 0.375 e. The Morgan fingerprint density at radius 2 is 2.13 bits per heavy atom. The van der Waals surface area contributed by atoms with Gasteiger partial charge in [-0.05, 0) is 23.3 Å². The molecule has 82 valence electrons. The van der Waals surface area contributed by atoms with Crippen molar-refractivity contribution in [3.05, 3.63) is 29.3 Å². The van der Waals surface area contributed by atoms with Gasteiger partial charge in [0, 0.05) is 0 Å². The van der Waals surface area contributed by atoms with Crippen LogP contribution in [-0.4, -0.2) is 15.0 Å². The van der Waals surface area contributed by atoms with Gasteiger partial charge in [0.1, 0.15) is 0 Å². The van der Waals surface area contributed by atoms with Crippen LogP contribution < -0.4 is 10.9 Å². The highest BCUT2D eigenvalue weighted by atomic mass is 32.2. The Bertz CT molecular complexity index is 484. The highest BCUT2D eigenvalue weighted by molar-refractivity contribution is 7.89. The predicted molar refractivity (Wildman–Crippen MR) is 54.4 cm³/mol. The van der Waals surface area contributed by atoms with Crippen LogP contribution in [0, 0.1) is 0 Å². The molecule has 15 heavy (non-hydrogen) atoms. The summed E-state index contributed by atoms with van der Waals surface area (Å²) in [5.74, 6) is 0. The van der Waals surface area contributed by atoms with E-state index < -0.39 is 10.0 Å². The molecule has 1 atom stereocenters. The number of primary sulfonamides is 1.